The van der Waals surface area contributed by atoms with Crippen molar-refractivity contribution in [2.45, 2.75) is 38.9 Å². The molecular formula is C14H17BBrN3O2. The molecule has 0 N–H and O–H groups in total. The Hall–Kier alpha value is -1.18. The Kier molecular flexibility index (Phi) is 2.29. The third-order valence-corrected chi connectivity index (χ3v) is 4.09. The van der Waals surface area contributed by atoms with Gasteiger partial charge in [-0.25, -0.2) is 4.68 Å². The van der Waals surface area contributed by atoms with Crippen molar-refractivity contribution in [3.05, 3.63) is 35.1 Å². The molecular weight excluding hydrogens is 333 g/mol. The first-order valence-corrected chi connectivity index (χ1v) is 7.22. The van der Waals surface area contributed by atoms with Gasteiger partial charge in [-0.3, -0.25) is 4.98 Å². The van der Waals surface area contributed by atoms with E-state index in [9.17, 15) is 0 Å². The fraction of sp³-hybridized carbons (Fsp3) is 0.429. The molecule has 0 saturated carbocycles. The van der Waals surface area contributed by atoms with Gasteiger partial charge in [0.15, 0.2) is 0 Å². The Morgan fingerprint density at radius 2 is 1.95 bits per heavy atom. The van der Waals surface area contributed by atoms with Crippen molar-refractivity contribution in [2.75, 3.05) is 0 Å². The molecule has 0 amide bonds. The highest BCUT2D eigenvalue weighted by molar-refractivity contribution is 9.10. The van der Waals surface area contributed by atoms with Gasteiger partial charge in [0, 0.05) is 12.3 Å². The van der Waals surface area contributed by atoms with E-state index in [1.54, 1.807) is 0 Å². The molecule has 21 heavy (non-hydrogen) atoms. The Balaban J connectivity index is 2.19. The van der Waals surface area contributed by atoms with E-state index < -0.39 is 24.5 Å². The van der Waals surface area contributed by atoms with Gasteiger partial charge in [0.25, 0.3) is 0 Å². The molecule has 2 aromatic heterocycles. The van der Waals surface area contributed by atoms with Gasteiger partial charge in [0.1, 0.15) is 0 Å². The summed E-state index contributed by atoms with van der Waals surface area (Å²) in [5.41, 5.74) is -1.38. The van der Waals surface area contributed by atoms with Crippen molar-refractivity contribution in [2.24, 2.45) is 0 Å². The lowest BCUT2D eigenvalue weighted by atomic mass is 9.84. The van der Waals surface area contributed by atoms with Crippen molar-refractivity contribution in [3.63, 3.8) is 0 Å². The minimum absolute atomic E-state index is 0.0391. The second kappa shape index (κ2) is 4.93. The fourth-order valence-electron chi connectivity index (χ4n) is 1.84. The summed E-state index contributed by atoms with van der Waals surface area (Å²) >= 11 is 3.09. The van der Waals surface area contributed by atoms with E-state index in [2.05, 4.69) is 26.0 Å². The quantitative estimate of drug-likeness (QED) is 0.776. The Labute approximate surface area is 140 Å². The molecule has 1 aliphatic rings. The van der Waals surface area contributed by atoms with Gasteiger partial charge in [-0.15, -0.1) is 0 Å². The first-order valence-electron chi connectivity index (χ1n) is 8.93. The van der Waals surface area contributed by atoms with Gasteiger partial charge in [0.05, 0.1) is 40.0 Å². The van der Waals surface area contributed by atoms with Crippen LogP contribution in [0.3, 0.4) is 0 Å². The van der Waals surface area contributed by atoms with Crippen molar-refractivity contribution in [1.29, 1.82) is 0 Å². The van der Waals surface area contributed by atoms with Crippen LogP contribution >= 0.6 is 15.9 Å². The minimum atomic E-state index is -0.986. The molecule has 3 rings (SSSR count). The second-order valence-corrected chi connectivity index (χ2v) is 6.54. The third-order valence-electron chi connectivity index (χ3n) is 3.74. The van der Waals surface area contributed by atoms with Crippen LogP contribution in [0.4, 0.5) is 0 Å². The lowest BCUT2D eigenvalue weighted by Gasteiger charge is -2.32. The minimum Gasteiger partial charge on any atom is -0.398 e. The second-order valence-electron chi connectivity index (χ2n) is 5.75. The van der Waals surface area contributed by atoms with Gasteiger partial charge < -0.3 is 9.31 Å². The number of pyridine rings is 1. The third kappa shape index (κ3) is 2.65. The summed E-state index contributed by atoms with van der Waals surface area (Å²) in [7, 11) is -0.986. The molecule has 0 bridgehead atoms. The van der Waals surface area contributed by atoms with Crippen molar-refractivity contribution < 1.29 is 16.2 Å². The van der Waals surface area contributed by atoms with Crippen LogP contribution in [0.1, 0.15) is 34.5 Å². The molecule has 0 aromatic carbocycles. The topological polar surface area (TPSA) is 49.2 Å². The van der Waals surface area contributed by atoms with E-state index in [4.69, 9.17) is 16.2 Å². The van der Waals surface area contributed by atoms with Crippen LogP contribution < -0.4 is 5.59 Å². The van der Waals surface area contributed by atoms with E-state index in [1.807, 2.05) is 27.7 Å². The molecule has 0 radical (unpaired) electrons. The normalized spacial score (nSPS) is 23.3. The zero-order valence-electron chi connectivity index (χ0n) is 17.1. The fourth-order valence-corrected chi connectivity index (χ4v) is 2.08. The maximum atomic E-state index is 8.48. The van der Waals surface area contributed by atoms with Crippen LogP contribution in [0, 0.1) is 0 Å². The monoisotopic (exact) mass is 354 g/mol. The predicted molar refractivity (Wildman–Crippen MR) is 84.8 cm³/mol. The molecule has 3 heterocycles. The Morgan fingerprint density at radius 3 is 2.52 bits per heavy atom. The van der Waals surface area contributed by atoms with Gasteiger partial charge in [-0.1, -0.05) is 0 Å². The lowest BCUT2D eigenvalue weighted by Crippen LogP contribution is -2.41. The highest BCUT2D eigenvalue weighted by Gasteiger charge is 2.52. The van der Waals surface area contributed by atoms with Crippen LogP contribution in [0.15, 0.2) is 35.1 Å². The zero-order valence-corrected chi connectivity index (χ0v) is 13.7. The number of halogens is 1. The van der Waals surface area contributed by atoms with E-state index in [-0.39, 0.29) is 40.2 Å². The van der Waals surface area contributed by atoms with Crippen LogP contribution in [-0.2, 0) is 9.31 Å². The summed E-state index contributed by atoms with van der Waals surface area (Å²) in [4.78, 5) is 4.01. The molecule has 110 valence electrons. The van der Waals surface area contributed by atoms with Crippen LogP contribution in [0.5, 0.6) is 0 Å². The predicted octanol–water partition coefficient (Wildman–Crippen LogP) is 2.33. The first kappa shape index (κ1) is 9.76. The smallest absolute Gasteiger partial charge is 0.398 e. The molecule has 2 aromatic rings. The summed E-state index contributed by atoms with van der Waals surface area (Å²) in [6.45, 7) is 7.43. The van der Waals surface area contributed by atoms with Crippen molar-refractivity contribution >= 4 is 28.6 Å². The molecule has 0 aliphatic carbocycles. The van der Waals surface area contributed by atoms with Gasteiger partial charge in [-0.05, 0) is 55.7 Å². The lowest BCUT2D eigenvalue weighted by molar-refractivity contribution is 0.00578. The Morgan fingerprint density at radius 1 is 1.29 bits per heavy atom. The summed E-state index contributed by atoms with van der Waals surface area (Å²) < 4.78 is 53.2. The average molecular weight is 355 g/mol. The molecule has 1 fully saturated rings. The number of hydrogen-bond donors (Lipinski definition) is 0. The van der Waals surface area contributed by atoms with Crippen molar-refractivity contribution in [1.82, 2.24) is 14.8 Å². The number of nitrogens with zero attached hydrogens (tertiary/aromatic N) is 3. The highest BCUT2D eigenvalue weighted by atomic mass is 79.9. The van der Waals surface area contributed by atoms with E-state index in [0.717, 1.165) is 4.68 Å². The number of rotatable bonds is 2. The maximum absolute atomic E-state index is 8.48. The molecule has 1 saturated heterocycles. The van der Waals surface area contributed by atoms with Gasteiger partial charge in [0.2, 0.25) is 0 Å². The summed E-state index contributed by atoms with van der Waals surface area (Å²) in [5, 5.41) is 3.88. The SMILES string of the molecule is [2H]c1nc(B2OC(C)(C)C(C)(C)O2)c([2H])c(-n2nc([2H])c(Br)c2[2H])c1[2H]. The molecule has 1 aliphatic heterocycles. The zero-order chi connectivity index (χ0) is 19.6. The van der Waals surface area contributed by atoms with Crippen LogP contribution in [0.2, 0.25) is 0 Å². The summed E-state index contributed by atoms with van der Waals surface area (Å²) in [6, 6.07) is -0.591. The molecule has 0 spiro atoms. The highest BCUT2D eigenvalue weighted by Crippen LogP contribution is 2.36. The molecule has 0 unspecified atom stereocenters. The van der Waals surface area contributed by atoms with Gasteiger partial charge >= 0.3 is 7.12 Å². The standard InChI is InChI=1S/C14H17BBrN3O2/c1-13(2)14(3,4)21-15(20-13)12-7-11(5-6-17-12)19-9-10(16)8-18-19/h5-9H,1-4H3/i5D,6D,7D,8D,9D. The first-order chi connectivity index (χ1) is 11.9. The van der Waals surface area contributed by atoms with Crippen LogP contribution in [-0.4, -0.2) is 33.1 Å². The number of hydrogen-bond acceptors (Lipinski definition) is 4. The number of aromatic nitrogens is 3. The summed E-state index contributed by atoms with van der Waals surface area (Å²) in [6.07, 6.45) is -0.782. The van der Waals surface area contributed by atoms with E-state index >= 15 is 0 Å². The van der Waals surface area contributed by atoms with Crippen molar-refractivity contribution in [3.8, 4) is 5.69 Å². The molecule has 0 atom stereocenters. The summed E-state index contributed by atoms with van der Waals surface area (Å²) in [5.74, 6) is 0. The Bertz CT molecular complexity index is 889. The van der Waals surface area contributed by atoms with Gasteiger partial charge in [-0.2, -0.15) is 5.10 Å². The average Bonchev–Trinajstić information content (AvgIpc) is 2.90. The van der Waals surface area contributed by atoms with E-state index in [1.165, 1.54) is 0 Å². The van der Waals surface area contributed by atoms with Crippen LogP contribution in [0.25, 0.3) is 5.69 Å². The maximum Gasteiger partial charge on any atom is 0.514 e. The molecule has 5 nitrogen and oxygen atoms in total. The molecule has 7 heteroatoms. The van der Waals surface area contributed by atoms with E-state index in [0.29, 0.717) is 0 Å². The largest absolute Gasteiger partial charge is 0.514 e.